The second kappa shape index (κ2) is 4.97. The van der Waals surface area contributed by atoms with Crippen LogP contribution < -0.4 is 4.72 Å². The first-order valence-corrected chi connectivity index (χ1v) is 6.76. The predicted octanol–water partition coefficient (Wildman–Crippen LogP) is 1.40. The van der Waals surface area contributed by atoms with E-state index in [-0.39, 0.29) is 17.5 Å². The quantitative estimate of drug-likeness (QED) is 0.857. The van der Waals surface area contributed by atoms with Gasteiger partial charge in [-0.2, -0.15) is 4.72 Å². The van der Waals surface area contributed by atoms with Crippen molar-refractivity contribution in [1.29, 1.82) is 0 Å². The molecule has 18 heavy (non-hydrogen) atoms. The Kier molecular flexibility index (Phi) is 3.55. The molecular formula is C11H13NO5S. The van der Waals surface area contributed by atoms with Crippen LogP contribution in [0.5, 0.6) is 0 Å². The van der Waals surface area contributed by atoms with Gasteiger partial charge in [0.15, 0.2) is 0 Å². The van der Waals surface area contributed by atoms with Crippen LogP contribution in [0.25, 0.3) is 0 Å². The molecule has 2 heterocycles. The number of aliphatic hydroxyl groups is 1. The molecule has 2 aromatic heterocycles. The van der Waals surface area contributed by atoms with Crippen molar-refractivity contribution in [3.63, 3.8) is 0 Å². The molecular weight excluding hydrogens is 258 g/mol. The summed E-state index contributed by atoms with van der Waals surface area (Å²) in [6.07, 6.45) is 1.47. The second-order valence-corrected chi connectivity index (χ2v) is 5.38. The molecule has 0 bridgehead atoms. The molecule has 0 aromatic carbocycles. The predicted molar refractivity (Wildman–Crippen MR) is 62.1 cm³/mol. The van der Waals surface area contributed by atoms with Gasteiger partial charge in [-0.05, 0) is 31.2 Å². The molecule has 7 heteroatoms. The van der Waals surface area contributed by atoms with E-state index < -0.39 is 16.1 Å². The minimum absolute atomic E-state index is 0.195. The maximum atomic E-state index is 11.9. The lowest BCUT2D eigenvalue weighted by molar-refractivity contribution is 0.236. The Labute approximate surface area is 104 Å². The Morgan fingerprint density at radius 2 is 2.17 bits per heavy atom. The minimum Gasteiger partial charge on any atom is -0.468 e. The molecule has 2 rings (SSSR count). The van der Waals surface area contributed by atoms with Crippen LogP contribution in [0.15, 0.2) is 44.5 Å². The highest BCUT2D eigenvalue weighted by Gasteiger charge is 2.22. The zero-order valence-electron chi connectivity index (χ0n) is 9.66. The normalized spacial score (nSPS) is 13.7. The molecule has 0 saturated heterocycles. The Hall–Kier alpha value is -1.57. The van der Waals surface area contributed by atoms with Crippen LogP contribution in [0.3, 0.4) is 0 Å². The van der Waals surface area contributed by atoms with E-state index in [0.29, 0.717) is 5.76 Å². The first-order chi connectivity index (χ1) is 8.53. The van der Waals surface area contributed by atoms with Gasteiger partial charge in [0.1, 0.15) is 18.1 Å². The van der Waals surface area contributed by atoms with Crippen molar-refractivity contribution < 1.29 is 22.4 Å². The zero-order valence-corrected chi connectivity index (χ0v) is 10.5. The topological polar surface area (TPSA) is 92.7 Å². The third-order valence-electron chi connectivity index (χ3n) is 2.36. The summed E-state index contributed by atoms with van der Waals surface area (Å²) in [5.74, 6) is 0.702. The van der Waals surface area contributed by atoms with E-state index in [0.717, 1.165) is 0 Å². The smallest absolute Gasteiger partial charge is 0.274 e. The van der Waals surface area contributed by atoms with Crippen molar-refractivity contribution in [3.8, 4) is 0 Å². The number of aliphatic hydroxyl groups excluding tert-OH is 1. The standard InChI is InChI=1S/C11H13NO5S/c1-8(10-3-2-6-16-10)12-18(14,15)11-5-4-9(7-13)17-11/h2-6,8,12-13H,7H2,1H3. The van der Waals surface area contributed by atoms with Gasteiger partial charge < -0.3 is 13.9 Å². The van der Waals surface area contributed by atoms with Gasteiger partial charge in [-0.25, -0.2) is 8.42 Å². The van der Waals surface area contributed by atoms with Crippen LogP contribution in [0.1, 0.15) is 24.5 Å². The van der Waals surface area contributed by atoms with Gasteiger partial charge in [0, 0.05) is 0 Å². The monoisotopic (exact) mass is 271 g/mol. The van der Waals surface area contributed by atoms with Crippen LogP contribution in [0.4, 0.5) is 0 Å². The van der Waals surface area contributed by atoms with E-state index in [9.17, 15) is 8.42 Å². The molecule has 1 unspecified atom stereocenters. The second-order valence-electron chi connectivity index (χ2n) is 3.74. The largest absolute Gasteiger partial charge is 0.468 e. The zero-order chi connectivity index (χ0) is 13.2. The van der Waals surface area contributed by atoms with Crippen LogP contribution in [-0.4, -0.2) is 13.5 Å². The van der Waals surface area contributed by atoms with Crippen LogP contribution in [-0.2, 0) is 16.6 Å². The Bertz CT molecular complexity index is 599. The summed E-state index contributed by atoms with van der Waals surface area (Å²) < 4.78 is 36.4. The maximum Gasteiger partial charge on any atom is 0.274 e. The van der Waals surface area contributed by atoms with E-state index in [2.05, 4.69) is 4.72 Å². The van der Waals surface area contributed by atoms with Gasteiger partial charge in [-0.3, -0.25) is 0 Å². The SMILES string of the molecule is CC(NS(=O)(=O)c1ccc(CO)o1)c1ccco1. The van der Waals surface area contributed by atoms with Gasteiger partial charge in [0.2, 0.25) is 5.09 Å². The van der Waals surface area contributed by atoms with Crippen LogP contribution >= 0.6 is 0 Å². The average molecular weight is 271 g/mol. The molecule has 0 saturated carbocycles. The highest BCUT2D eigenvalue weighted by Crippen LogP contribution is 2.19. The van der Waals surface area contributed by atoms with Crippen molar-refractivity contribution in [3.05, 3.63) is 42.0 Å². The van der Waals surface area contributed by atoms with Crippen molar-refractivity contribution >= 4 is 10.0 Å². The van der Waals surface area contributed by atoms with Crippen molar-refractivity contribution in [2.24, 2.45) is 0 Å². The average Bonchev–Trinajstić information content (AvgIpc) is 3.00. The molecule has 0 aliphatic rings. The Morgan fingerprint density at radius 3 is 2.72 bits per heavy atom. The van der Waals surface area contributed by atoms with Crippen LogP contribution in [0, 0.1) is 0 Å². The van der Waals surface area contributed by atoms with E-state index in [4.69, 9.17) is 13.9 Å². The summed E-state index contributed by atoms with van der Waals surface area (Å²) in [6, 6.07) is 5.55. The number of rotatable bonds is 5. The lowest BCUT2D eigenvalue weighted by Gasteiger charge is -2.10. The summed E-state index contributed by atoms with van der Waals surface area (Å²) >= 11 is 0. The van der Waals surface area contributed by atoms with E-state index >= 15 is 0 Å². The van der Waals surface area contributed by atoms with Crippen molar-refractivity contribution in [2.75, 3.05) is 0 Å². The molecule has 0 aliphatic heterocycles. The molecule has 98 valence electrons. The summed E-state index contributed by atoms with van der Waals surface area (Å²) in [7, 11) is -3.76. The molecule has 0 aliphatic carbocycles. The fourth-order valence-corrected chi connectivity index (χ4v) is 2.64. The minimum atomic E-state index is -3.76. The summed E-state index contributed by atoms with van der Waals surface area (Å²) in [5, 5.41) is 8.59. The van der Waals surface area contributed by atoms with Gasteiger partial charge in [0.25, 0.3) is 10.0 Å². The molecule has 2 aromatic rings. The van der Waals surface area contributed by atoms with E-state index in [1.807, 2.05) is 0 Å². The number of furan rings is 2. The lowest BCUT2D eigenvalue weighted by Crippen LogP contribution is -2.26. The van der Waals surface area contributed by atoms with Gasteiger partial charge >= 0.3 is 0 Å². The highest BCUT2D eigenvalue weighted by molar-refractivity contribution is 7.89. The first-order valence-electron chi connectivity index (χ1n) is 5.28. The van der Waals surface area contributed by atoms with E-state index in [1.165, 1.54) is 18.4 Å². The lowest BCUT2D eigenvalue weighted by atomic mass is 10.3. The fourth-order valence-electron chi connectivity index (χ4n) is 1.47. The fraction of sp³-hybridized carbons (Fsp3) is 0.273. The Balaban J connectivity index is 2.17. The molecule has 0 fully saturated rings. The molecule has 6 nitrogen and oxygen atoms in total. The summed E-state index contributed by atoms with van der Waals surface area (Å²) in [5.41, 5.74) is 0. The molecule has 0 radical (unpaired) electrons. The molecule has 0 spiro atoms. The third-order valence-corrected chi connectivity index (χ3v) is 3.77. The van der Waals surface area contributed by atoms with Gasteiger partial charge in [0.05, 0.1) is 12.3 Å². The highest BCUT2D eigenvalue weighted by atomic mass is 32.2. The van der Waals surface area contributed by atoms with Crippen molar-refractivity contribution in [2.45, 2.75) is 24.7 Å². The summed E-state index contributed by atoms with van der Waals surface area (Å²) in [4.78, 5) is 0. The molecule has 2 N–H and O–H groups in total. The number of hydrogen-bond donors (Lipinski definition) is 2. The maximum absolute atomic E-state index is 11.9. The first kappa shape index (κ1) is 12.9. The molecule has 1 atom stereocenters. The number of nitrogens with one attached hydrogen (secondary N) is 1. The number of hydrogen-bond acceptors (Lipinski definition) is 5. The van der Waals surface area contributed by atoms with Crippen LogP contribution in [0.2, 0.25) is 0 Å². The summed E-state index contributed by atoms with van der Waals surface area (Å²) in [6.45, 7) is 1.32. The molecule has 0 amide bonds. The third kappa shape index (κ3) is 2.63. The number of sulfonamides is 1. The van der Waals surface area contributed by atoms with E-state index in [1.54, 1.807) is 19.1 Å². The van der Waals surface area contributed by atoms with Gasteiger partial charge in [-0.1, -0.05) is 0 Å². The van der Waals surface area contributed by atoms with Crippen molar-refractivity contribution in [1.82, 2.24) is 4.72 Å². The Morgan fingerprint density at radius 1 is 1.39 bits per heavy atom. The van der Waals surface area contributed by atoms with Gasteiger partial charge in [-0.15, -0.1) is 0 Å².